The maximum atomic E-state index is 11.9. The van der Waals surface area contributed by atoms with Crippen LogP contribution in [-0.4, -0.2) is 44.0 Å². The zero-order chi connectivity index (χ0) is 15.2. The number of aromatic hydroxyl groups is 1. The van der Waals surface area contributed by atoms with Crippen molar-refractivity contribution in [3.05, 3.63) is 24.3 Å². The topological polar surface area (TPSA) is 86.7 Å². The van der Waals surface area contributed by atoms with Crippen molar-refractivity contribution in [1.29, 1.82) is 0 Å². The summed E-state index contributed by atoms with van der Waals surface area (Å²) < 4.78 is 26.2. The Balaban J connectivity index is 2.62. The van der Waals surface area contributed by atoms with Crippen molar-refractivity contribution in [1.82, 2.24) is 9.62 Å². The maximum Gasteiger partial charge on any atom is 0.244 e. The van der Waals surface area contributed by atoms with Crippen LogP contribution in [-0.2, 0) is 14.8 Å². The van der Waals surface area contributed by atoms with Gasteiger partial charge in [-0.1, -0.05) is 12.1 Å². The molecule has 20 heavy (non-hydrogen) atoms. The number of carbonyl (C=O) groups is 1. The highest BCUT2D eigenvalue weighted by atomic mass is 32.2. The molecular weight excluding hydrogens is 280 g/mol. The van der Waals surface area contributed by atoms with Crippen LogP contribution in [0, 0.1) is 0 Å². The van der Waals surface area contributed by atoms with Crippen LogP contribution in [0.4, 0.5) is 0 Å². The van der Waals surface area contributed by atoms with Gasteiger partial charge >= 0.3 is 0 Å². The number of benzene rings is 1. The molecule has 0 aromatic heterocycles. The van der Waals surface area contributed by atoms with Crippen molar-refractivity contribution in [3.8, 4) is 5.75 Å². The largest absolute Gasteiger partial charge is 0.507 e. The standard InChI is InChI=1S/C13H20N2O4S/c1-3-15(4-2)13(17)9-10-14-20(18,19)12-8-6-5-7-11(12)16/h5-8,14,16H,3-4,9-10H2,1-2H3. The van der Waals surface area contributed by atoms with Crippen LogP contribution in [0.15, 0.2) is 29.2 Å². The Morgan fingerprint density at radius 2 is 1.85 bits per heavy atom. The van der Waals surface area contributed by atoms with Crippen molar-refractivity contribution in [2.24, 2.45) is 0 Å². The molecule has 0 atom stereocenters. The highest BCUT2D eigenvalue weighted by Crippen LogP contribution is 2.20. The van der Waals surface area contributed by atoms with Crippen molar-refractivity contribution in [3.63, 3.8) is 0 Å². The molecule has 0 heterocycles. The molecule has 0 aliphatic rings. The fourth-order valence-corrected chi connectivity index (χ4v) is 2.92. The number of phenols is 1. The van der Waals surface area contributed by atoms with Crippen LogP contribution in [0.5, 0.6) is 5.75 Å². The van der Waals surface area contributed by atoms with E-state index in [0.29, 0.717) is 13.1 Å². The maximum absolute atomic E-state index is 11.9. The van der Waals surface area contributed by atoms with E-state index in [-0.39, 0.29) is 29.5 Å². The minimum absolute atomic E-state index is 0.00595. The molecule has 0 radical (unpaired) electrons. The first-order chi connectivity index (χ1) is 9.42. The molecule has 0 bridgehead atoms. The van der Waals surface area contributed by atoms with Crippen LogP contribution in [0.25, 0.3) is 0 Å². The Morgan fingerprint density at radius 3 is 2.40 bits per heavy atom. The molecule has 0 spiro atoms. The van der Waals surface area contributed by atoms with Gasteiger partial charge in [-0.05, 0) is 26.0 Å². The highest BCUT2D eigenvalue weighted by Gasteiger charge is 2.18. The quantitative estimate of drug-likeness (QED) is 0.784. The van der Waals surface area contributed by atoms with Crippen LogP contribution in [0.2, 0.25) is 0 Å². The number of rotatable bonds is 7. The second-order valence-corrected chi connectivity index (χ2v) is 5.92. The molecule has 112 valence electrons. The second kappa shape index (κ2) is 7.25. The smallest absolute Gasteiger partial charge is 0.244 e. The average Bonchev–Trinajstić information content (AvgIpc) is 2.40. The Morgan fingerprint density at radius 1 is 1.25 bits per heavy atom. The third-order valence-electron chi connectivity index (χ3n) is 2.90. The van der Waals surface area contributed by atoms with Gasteiger partial charge in [-0.15, -0.1) is 0 Å². The number of hydrogen-bond donors (Lipinski definition) is 2. The van der Waals surface area contributed by atoms with Gasteiger partial charge in [-0.2, -0.15) is 0 Å². The van der Waals surface area contributed by atoms with Gasteiger partial charge in [-0.3, -0.25) is 4.79 Å². The van der Waals surface area contributed by atoms with Gasteiger partial charge in [0.25, 0.3) is 0 Å². The molecular formula is C13H20N2O4S. The molecule has 1 aromatic rings. The molecule has 0 aliphatic heterocycles. The summed E-state index contributed by atoms with van der Waals surface area (Å²) in [6.45, 7) is 4.94. The van der Waals surface area contributed by atoms with Gasteiger partial charge in [0, 0.05) is 26.1 Å². The Labute approximate surface area is 119 Å². The summed E-state index contributed by atoms with van der Waals surface area (Å²) in [5.74, 6) is -0.412. The fourth-order valence-electron chi connectivity index (χ4n) is 1.79. The molecule has 1 aromatic carbocycles. The lowest BCUT2D eigenvalue weighted by Gasteiger charge is -2.18. The van der Waals surface area contributed by atoms with Crippen LogP contribution in [0.3, 0.4) is 0 Å². The third-order valence-corrected chi connectivity index (χ3v) is 4.41. The molecule has 0 unspecified atom stereocenters. The summed E-state index contributed by atoms with van der Waals surface area (Å²) in [4.78, 5) is 13.2. The molecule has 0 fully saturated rings. The molecule has 2 N–H and O–H groups in total. The van der Waals surface area contributed by atoms with Crippen molar-refractivity contribution < 1.29 is 18.3 Å². The normalized spacial score (nSPS) is 11.3. The molecule has 0 saturated heterocycles. The Bertz CT molecular complexity index is 553. The third kappa shape index (κ3) is 4.21. The van der Waals surface area contributed by atoms with Gasteiger partial charge in [0.2, 0.25) is 15.9 Å². The minimum atomic E-state index is -3.80. The Hall–Kier alpha value is -1.60. The van der Waals surface area contributed by atoms with Crippen LogP contribution in [0.1, 0.15) is 20.3 Å². The lowest BCUT2D eigenvalue weighted by Crippen LogP contribution is -2.34. The minimum Gasteiger partial charge on any atom is -0.507 e. The lowest BCUT2D eigenvalue weighted by molar-refractivity contribution is -0.130. The zero-order valence-electron chi connectivity index (χ0n) is 11.7. The second-order valence-electron chi connectivity index (χ2n) is 4.18. The van der Waals surface area contributed by atoms with E-state index >= 15 is 0 Å². The first kappa shape index (κ1) is 16.5. The van der Waals surface area contributed by atoms with Crippen molar-refractivity contribution in [2.75, 3.05) is 19.6 Å². The van der Waals surface area contributed by atoms with E-state index in [4.69, 9.17) is 0 Å². The van der Waals surface area contributed by atoms with Crippen molar-refractivity contribution >= 4 is 15.9 Å². The predicted octanol–water partition coefficient (Wildman–Crippen LogP) is 0.929. The number of hydrogen-bond acceptors (Lipinski definition) is 4. The van der Waals surface area contributed by atoms with Gasteiger partial charge < -0.3 is 10.0 Å². The molecule has 1 amide bonds. The van der Waals surface area contributed by atoms with Gasteiger partial charge in [0.15, 0.2) is 0 Å². The Kier molecular flexibility index (Phi) is 5.97. The van der Waals surface area contributed by atoms with Gasteiger partial charge in [0.05, 0.1) is 0 Å². The van der Waals surface area contributed by atoms with Gasteiger partial charge in [-0.25, -0.2) is 13.1 Å². The molecule has 7 heteroatoms. The average molecular weight is 300 g/mol. The summed E-state index contributed by atoms with van der Waals surface area (Å²) in [7, 11) is -3.80. The van der Waals surface area contributed by atoms with Crippen LogP contribution >= 0.6 is 0 Å². The molecule has 1 rings (SSSR count). The van der Waals surface area contributed by atoms with E-state index in [2.05, 4.69) is 4.72 Å². The zero-order valence-corrected chi connectivity index (χ0v) is 12.5. The number of para-hydroxylation sites is 1. The summed E-state index contributed by atoms with van der Waals surface area (Å²) in [5, 5.41) is 9.52. The van der Waals surface area contributed by atoms with E-state index in [1.165, 1.54) is 24.3 Å². The summed E-state index contributed by atoms with van der Waals surface area (Å²) in [5.41, 5.74) is 0. The number of carbonyl (C=O) groups excluding carboxylic acids is 1. The van der Waals surface area contributed by atoms with E-state index in [1.54, 1.807) is 4.90 Å². The first-order valence-electron chi connectivity index (χ1n) is 6.47. The first-order valence-corrected chi connectivity index (χ1v) is 7.96. The van der Waals surface area contributed by atoms with E-state index < -0.39 is 10.0 Å². The molecule has 0 saturated carbocycles. The number of sulfonamides is 1. The SMILES string of the molecule is CCN(CC)C(=O)CCNS(=O)(=O)c1ccccc1O. The lowest BCUT2D eigenvalue weighted by atomic mass is 10.3. The van der Waals surface area contributed by atoms with Crippen molar-refractivity contribution in [2.45, 2.75) is 25.2 Å². The molecule has 0 aliphatic carbocycles. The number of amides is 1. The number of nitrogens with zero attached hydrogens (tertiary/aromatic N) is 1. The monoisotopic (exact) mass is 300 g/mol. The highest BCUT2D eigenvalue weighted by molar-refractivity contribution is 7.89. The van der Waals surface area contributed by atoms with Gasteiger partial charge in [0.1, 0.15) is 10.6 Å². The number of phenolic OH excluding ortho intramolecular Hbond substituents is 1. The van der Waals surface area contributed by atoms with E-state index in [1.807, 2.05) is 13.8 Å². The summed E-state index contributed by atoms with van der Waals surface area (Å²) in [6.07, 6.45) is 0.0918. The fraction of sp³-hybridized carbons (Fsp3) is 0.462. The summed E-state index contributed by atoms with van der Waals surface area (Å²) >= 11 is 0. The van der Waals surface area contributed by atoms with E-state index in [9.17, 15) is 18.3 Å². The number of nitrogens with one attached hydrogen (secondary N) is 1. The van der Waals surface area contributed by atoms with E-state index in [0.717, 1.165) is 0 Å². The summed E-state index contributed by atoms with van der Waals surface area (Å²) in [6, 6.07) is 5.67. The van der Waals surface area contributed by atoms with Crippen LogP contribution < -0.4 is 4.72 Å². The predicted molar refractivity (Wildman–Crippen MR) is 75.8 cm³/mol. The molecule has 6 nitrogen and oxygen atoms in total.